The number of rotatable bonds is 7. The lowest BCUT2D eigenvalue weighted by atomic mass is 9.70. The van der Waals surface area contributed by atoms with Crippen LogP contribution in [0.5, 0.6) is 5.75 Å². The van der Waals surface area contributed by atoms with Gasteiger partial charge in [-0.25, -0.2) is 9.69 Å². The Morgan fingerprint density at radius 3 is 2.31 bits per heavy atom. The largest absolute Gasteiger partial charge is 0.497 e. The number of hydrogen-bond donors (Lipinski definition) is 1. The molecule has 186 valence electrons. The Labute approximate surface area is 203 Å². The predicted molar refractivity (Wildman–Crippen MR) is 128 cm³/mol. The van der Waals surface area contributed by atoms with Crippen molar-refractivity contribution in [3.8, 4) is 5.75 Å². The van der Waals surface area contributed by atoms with E-state index in [1.165, 1.54) is 14.0 Å². The van der Waals surface area contributed by atoms with Crippen molar-refractivity contribution in [2.45, 2.75) is 51.2 Å². The first kappa shape index (κ1) is 25.7. The molecule has 2 aromatic carbocycles. The quantitative estimate of drug-likeness (QED) is 0.473. The van der Waals surface area contributed by atoms with E-state index in [0.29, 0.717) is 16.9 Å². The zero-order valence-corrected chi connectivity index (χ0v) is 20.4. The minimum absolute atomic E-state index is 0.00900. The topological polar surface area (TPSA) is 128 Å². The summed E-state index contributed by atoms with van der Waals surface area (Å²) in [7, 11) is 1.52. The van der Waals surface area contributed by atoms with E-state index in [4.69, 9.17) is 9.47 Å². The van der Waals surface area contributed by atoms with Crippen LogP contribution in [0.15, 0.2) is 48.5 Å². The number of anilines is 1. The van der Waals surface area contributed by atoms with E-state index < -0.39 is 46.4 Å². The van der Waals surface area contributed by atoms with Crippen LogP contribution in [0.4, 0.5) is 10.5 Å². The van der Waals surface area contributed by atoms with Gasteiger partial charge in [0, 0.05) is 11.8 Å². The molecule has 0 fully saturated rings. The van der Waals surface area contributed by atoms with Crippen molar-refractivity contribution in [2.24, 2.45) is 0 Å². The molecule has 1 aliphatic rings. The SMILES string of the molecule is COc1ccc(C[C@@]2([C@@H](C[N+](=O)[O-])NC(C)=O)C(=O)N(C(=O)OC(C)(C)C)c3ccccc32)cc1. The molecule has 0 saturated heterocycles. The monoisotopic (exact) mass is 483 g/mol. The maximum Gasteiger partial charge on any atom is 0.421 e. The fourth-order valence-corrected chi connectivity index (χ4v) is 4.37. The maximum atomic E-state index is 14.2. The summed E-state index contributed by atoms with van der Waals surface area (Å²) in [4.78, 5) is 51.5. The Morgan fingerprint density at radius 2 is 1.77 bits per heavy atom. The van der Waals surface area contributed by atoms with Gasteiger partial charge in [-0.2, -0.15) is 0 Å². The van der Waals surface area contributed by atoms with Crippen LogP contribution in [0.25, 0.3) is 0 Å². The molecule has 1 N–H and O–H groups in total. The lowest BCUT2D eigenvalue weighted by Gasteiger charge is -2.35. The van der Waals surface area contributed by atoms with E-state index in [9.17, 15) is 24.5 Å². The molecule has 10 nitrogen and oxygen atoms in total. The summed E-state index contributed by atoms with van der Waals surface area (Å²) < 4.78 is 10.7. The van der Waals surface area contributed by atoms with Gasteiger partial charge in [0.2, 0.25) is 18.4 Å². The summed E-state index contributed by atoms with van der Waals surface area (Å²) in [5.74, 6) is -0.642. The molecule has 10 heteroatoms. The van der Waals surface area contributed by atoms with Crippen molar-refractivity contribution >= 4 is 23.6 Å². The van der Waals surface area contributed by atoms with Crippen molar-refractivity contribution in [3.63, 3.8) is 0 Å². The Hall–Kier alpha value is -3.95. The lowest BCUT2D eigenvalue weighted by molar-refractivity contribution is -0.484. The maximum absolute atomic E-state index is 14.2. The van der Waals surface area contributed by atoms with Gasteiger partial charge in [-0.05, 0) is 56.5 Å². The third-order valence-corrected chi connectivity index (χ3v) is 5.73. The van der Waals surface area contributed by atoms with Gasteiger partial charge in [0.05, 0.1) is 12.8 Å². The molecule has 35 heavy (non-hydrogen) atoms. The Kier molecular flexibility index (Phi) is 7.14. The summed E-state index contributed by atoms with van der Waals surface area (Å²) in [6, 6.07) is 12.2. The van der Waals surface area contributed by atoms with E-state index >= 15 is 0 Å². The highest BCUT2D eigenvalue weighted by Gasteiger charge is 2.59. The number of carbonyl (C=O) groups excluding carboxylic acids is 3. The number of amides is 3. The fourth-order valence-electron chi connectivity index (χ4n) is 4.37. The van der Waals surface area contributed by atoms with E-state index in [1.54, 1.807) is 69.3 Å². The van der Waals surface area contributed by atoms with Gasteiger partial charge in [0.15, 0.2) is 0 Å². The average Bonchev–Trinajstić information content (AvgIpc) is 3.01. The molecule has 1 heterocycles. The highest BCUT2D eigenvalue weighted by Crippen LogP contribution is 2.47. The van der Waals surface area contributed by atoms with Crippen molar-refractivity contribution in [1.29, 1.82) is 0 Å². The number of nitro groups is 1. The van der Waals surface area contributed by atoms with Gasteiger partial charge >= 0.3 is 6.09 Å². The van der Waals surface area contributed by atoms with Gasteiger partial charge in [-0.3, -0.25) is 19.7 Å². The van der Waals surface area contributed by atoms with E-state index in [0.717, 1.165) is 4.90 Å². The van der Waals surface area contributed by atoms with Gasteiger partial charge < -0.3 is 14.8 Å². The molecule has 1 aliphatic heterocycles. The van der Waals surface area contributed by atoms with Gasteiger partial charge in [0.25, 0.3) is 0 Å². The van der Waals surface area contributed by atoms with Crippen LogP contribution in [0, 0.1) is 10.1 Å². The smallest absolute Gasteiger partial charge is 0.421 e. The molecule has 2 aromatic rings. The first-order valence-corrected chi connectivity index (χ1v) is 11.1. The first-order valence-electron chi connectivity index (χ1n) is 11.1. The molecule has 0 radical (unpaired) electrons. The highest BCUT2D eigenvalue weighted by molar-refractivity contribution is 6.21. The lowest BCUT2D eigenvalue weighted by Crippen LogP contribution is -2.60. The fraction of sp³-hybridized carbons (Fsp3) is 0.400. The van der Waals surface area contributed by atoms with Gasteiger partial charge in [-0.1, -0.05) is 30.3 Å². The van der Waals surface area contributed by atoms with E-state index in [1.807, 2.05) is 0 Å². The average molecular weight is 484 g/mol. The number of ether oxygens (including phenoxy) is 2. The van der Waals surface area contributed by atoms with Crippen LogP contribution >= 0.6 is 0 Å². The molecule has 0 aromatic heterocycles. The normalized spacial score (nSPS) is 18.0. The molecule has 0 bridgehead atoms. The molecular formula is C25H29N3O7. The number of imide groups is 1. The van der Waals surface area contributed by atoms with Crippen molar-refractivity contribution in [3.05, 3.63) is 69.8 Å². The zero-order valence-electron chi connectivity index (χ0n) is 20.4. The van der Waals surface area contributed by atoms with Crippen LogP contribution in [-0.4, -0.2) is 48.1 Å². The minimum atomic E-state index is -1.64. The number of hydrogen-bond acceptors (Lipinski definition) is 7. The Balaban J connectivity index is 2.24. The van der Waals surface area contributed by atoms with E-state index in [-0.39, 0.29) is 12.1 Å². The summed E-state index contributed by atoms with van der Waals surface area (Å²) in [5, 5.41) is 14.3. The van der Waals surface area contributed by atoms with E-state index in [2.05, 4.69) is 5.32 Å². The molecule has 0 unspecified atom stereocenters. The first-order chi connectivity index (χ1) is 16.4. The second-order valence-corrected chi connectivity index (χ2v) is 9.40. The second-order valence-electron chi connectivity index (χ2n) is 9.40. The van der Waals surface area contributed by atoms with Crippen LogP contribution in [0.2, 0.25) is 0 Å². The summed E-state index contributed by atoms with van der Waals surface area (Å²) in [6.07, 6.45) is -0.903. The number of fused-ring (bicyclic) bond motifs is 1. The molecule has 0 aliphatic carbocycles. The minimum Gasteiger partial charge on any atom is -0.497 e. The number of carbonyl (C=O) groups is 3. The molecule has 0 saturated carbocycles. The number of nitrogens with zero attached hydrogens (tertiary/aromatic N) is 2. The third-order valence-electron chi connectivity index (χ3n) is 5.73. The van der Waals surface area contributed by atoms with Crippen molar-refractivity contribution in [1.82, 2.24) is 5.32 Å². The van der Waals surface area contributed by atoms with Gasteiger partial charge in [0.1, 0.15) is 22.8 Å². The Bertz CT molecular complexity index is 1120. The van der Waals surface area contributed by atoms with Crippen LogP contribution in [0.3, 0.4) is 0 Å². The zero-order chi connectivity index (χ0) is 26.0. The number of methoxy groups -OCH3 is 1. The summed E-state index contributed by atoms with van der Waals surface area (Å²) >= 11 is 0. The predicted octanol–water partition coefficient (Wildman–Crippen LogP) is 3.24. The van der Waals surface area contributed by atoms with Crippen LogP contribution in [0.1, 0.15) is 38.8 Å². The molecule has 0 spiro atoms. The van der Waals surface area contributed by atoms with Crippen LogP contribution in [-0.2, 0) is 26.2 Å². The van der Waals surface area contributed by atoms with Gasteiger partial charge in [-0.15, -0.1) is 0 Å². The number of para-hydroxylation sites is 1. The van der Waals surface area contributed by atoms with Crippen LogP contribution < -0.4 is 15.0 Å². The standard InChI is InChI=1S/C25H29N3O7/c1-16(29)26-21(15-27(32)33)25(14-17-10-12-18(34-5)13-11-17)19-8-6-7-9-20(19)28(22(25)30)23(31)35-24(2,3)4/h6-13,21H,14-15H2,1-5H3,(H,26,29)/t21-,25-/m1/s1. The molecule has 2 atom stereocenters. The molecule has 3 amide bonds. The second kappa shape index (κ2) is 9.73. The molecule has 3 rings (SSSR count). The Morgan fingerprint density at radius 1 is 1.14 bits per heavy atom. The highest BCUT2D eigenvalue weighted by atomic mass is 16.6. The summed E-state index contributed by atoms with van der Waals surface area (Å²) in [5.41, 5.74) is -1.20. The van der Waals surface area contributed by atoms with Crippen molar-refractivity contribution in [2.75, 3.05) is 18.6 Å². The third kappa shape index (κ3) is 5.26. The van der Waals surface area contributed by atoms with Crippen molar-refractivity contribution < 1.29 is 28.8 Å². The molecular weight excluding hydrogens is 454 g/mol. The number of nitrogens with one attached hydrogen (secondary N) is 1. The summed E-state index contributed by atoms with van der Waals surface area (Å²) in [6.45, 7) is 5.53. The number of benzene rings is 2.